The number of hydrogen-bond donors (Lipinski definition) is 1. The highest BCUT2D eigenvalue weighted by atomic mass is 16.5. The molecular weight excluding hydrogens is 226 g/mol. The molecule has 3 heteroatoms. The standard InChI is InChI=1S/C15H31NO2/c1-3-16-15(14-8-4-5-9-14)10-6-7-11-18-13-12-17-2/h14-16H,3-13H2,1-2H3. The van der Waals surface area contributed by atoms with Gasteiger partial charge in [0.15, 0.2) is 0 Å². The van der Waals surface area contributed by atoms with E-state index >= 15 is 0 Å². The van der Waals surface area contributed by atoms with Crippen molar-refractivity contribution in [3.05, 3.63) is 0 Å². The predicted molar refractivity (Wildman–Crippen MR) is 76.0 cm³/mol. The average Bonchev–Trinajstić information content (AvgIpc) is 2.90. The molecule has 0 radical (unpaired) electrons. The van der Waals surface area contributed by atoms with Crippen LogP contribution in [0.5, 0.6) is 0 Å². The first-order valence-corrected chi connectivity index (χ1v) is 7.68. The minimum atomic E-state index is 0.710. The van der Waals surface area contributed by atoms with Crippen LogP contribution in [0.2, 0.25) is 0 Å². The maximum atomic E-state index is 5.50. The molecule has 0 aromatic heterocycles. The van der Waals surface area contributed by atoms with Crippen LogP contribution < -0.4 is 5.32 Å². The minimum absolute atomic E-state index is 0.710. The summed E-state index contributed by atoms with van der Waals surface area (Å²) in [5.74, 6) is 0.930. The predicted octanol–water partition coefficient (Wildman–Crippen LogP) is 2.99. The Kier molecular flexibility index (Phi) is 9.54. The van der Waals surface area contributed by atoms with E-state index in [4.69, 9.17) is 9.47 Å². The van der Waals surface area contributed by atoms with E-state index in [1.165, 1.54) is 44.9 Å². The molecule has 0 aromatic rings. The molecule has 3 nitrogen and oxygen atoms in total. The van der Waals surface area contributed by atoms with Crippen LogP contribution in [0.1, 0.15) is 51.9 Å². The number of nitrogens with one attached hydrogen (secondary N) is 1. The van der Waals surface area contributed by atoms with Gasteiger partial charge in [-0.3, -0.25) is 0 Å². The molecule has 1 N–H and O–H groups in total. The molecule has 0 aliphatic heterocycles. The SMILES string of the molecule is CCNC(CCCCOCCOC)C1CCCC1. The van der Waals surface area contributed by atoms with Gasteiger partial charge in [0.05, 0.1) is 13.2 Å². The molecule has 1 aliphatic carbocycles. The van der Waals surface area contributed by atoms with Gasteiger partial charge in [0.2, 0.25) is 0 Å². The summed E-state index contributed by atoms with van der Waals surface area (Å²) in [4.78, 5) is 0. The van der Waals surface area contributed by atoms with Crippen molar-refractivity contribution in [3.63, 3.8) is 0 Å². The summed E-state index contributed by atoms with van der Waals surface area (Å²) >= 11 is 0. The summed E-state index contributed by atoms with van der Waals surface area (Å²) in [6.45, 7) is 5.64. The van der Waals surface area contributed by atoms with Gasteiger partial charge in [-0.05, 0) is 44.6 Å². The molecule has 18 heavy (non-hydrogen) atoms. The lowest BCUT2D eigenvalue weighted by Gasteiger charge is -2.24. The van der Waals surface area contributed by atoms with Crippen LogP contribution in [0.3, 0.4) is 0 Å². The fourth-order valence-electron chi connectivity index (χ4n) is 2.94. The minimum Gasteiger partial charge on any atom is -0.382 e. The van der Waals surface area contributed by atoms with E-state index in [-0.39, 0.29) is 0 Å². The molecule has 1 unspecified atom stereocenters. The van der Waals surface area contributed by atoms with Gasteiger partial charge in [0.1, 0.15) is 0 Å². The number of methoxy groups -OCH3 is 1. The summed E-state index contributed by atoms with van der Waals surface area (Å²) < 4.78 is 10.4. The first-order valence-electron chi connectivity index (χ1n) is 7.68. The zero-order chi connectivity index (χ0) is 13.1. The van der Waals surface area contributed by atoms with E-state index in [0.29, 0.717) is 6.61 Å². The van der Waals surface area contributed by atoms with Crippen LogP contribution in [0.15, 0.2) is 0 Å². The summed E-state index contributed by atoms with van der Waals surface area (Å²) in [5, 5.41) is 3.67. The lowest BCUT2D eigenvalue weighted by atomic mass is 9.93. The van der Waals surface area contributed by atoms with Crippen LogP contribution in [-0.4, -0.2) is 39.5 Å². The Morgan fingerprint density at radius 2 is 1.89 bits per heavy atom. The maximum absolute atomic E-state index is 5.50. The summed E-state index contributed by atoms with van der Waals surface area (Å²) in [7, 11) is 1.71. The molecule has 1 atom stereocenters. The lowest BCUT2D eigenvalue weighted by Crippen LogP contribution is -2.35. The normalized spacial score (nSPS) is 18.3. The molecule has 0 heterocycles. The fourth-order valence-corrected chi connectivity index (χ4v) is 2.94. The highest BCUT2D eigenvalue weighted by Crippen LogP contribution is 2.29. The zero-order valence-electron chi connectivity index (χ0n) is 12.2. The largest absolute Gasteiger partial charge is 0.382 e. The van der Waals surface area contributed by atoms with Crippen LogP contribution in [-0.2, 0) is 9.47 Å². The van der Waals surface area contributed by atoms with Gasteiger partial charge in [0.25, 0.3) is 0 Å². The van der Waals surface area contributed by atoms with Crippen LogP contribution in [0, 0.1) is 5.92 Å². The molecule has 1 saturated carbocycles. The molecule has 0 bridgehead atoms. The van der Waals surface area contributed by atoms with Crippen molar-refractivity contribution in [1.82, 2.24) is 5.32 Å². The molecular formula is C15H31NO2. The molecule has 0 aromatic carbocycles. The van der Waals surface area contributed by atoms with Crippen molar-refractivity contribution >= 4 is 0 Å². The second-order valence-electron chi connectivity index (χ2n) is 5.31. The molecule has 0 spiro atoms. The van der Waals surface area contributed by atoms with Gasteiger partial charge in [0, 0.05) is 19.8 Å². The monoisotopic (exact) mass is 257 g/mol. The average molecular weight is 257 g/mol. The third-order valence-corrected chi connectivity index (χ3v) is 3.92. The number of unbranched alkanes of at least 4 members (excludes halogenated alkanes) is 1. The zero-order valence-corrected chi connectivity index (χ0v) is 12.2. The van der Waals surface area contributed by atoms with E-state index < -0.39 is 0 Å². The van der Waals surface area contributed by atoms with Crippen LogP contribution >= 0.6 is 0 Å². The Labute approximate surface area is 113 Å². The van der Waals surface area contributed by atoms with E-state index in [0.717, 1.165) is 31.7 Å². The Balaban J connectivity index is 2.02. The van der Waals surface area contributed by atoms with Gasteiger partial charge >= 0.3 is 0 Å². The van der Waals surface area contributed by atoms with Crippen LogP contribution in [0.4, 0.5) is 0 Å². The van der Waals surface area contributed by atoms with Gasteiger partial charge < -0.3 is 14.8 Å². The number of rotatable bonds is 11. The molecule has 1 rings (SSSR count). The lowest BCUT2D eigenvalue weighted by molar-refractivity contribution is 0.0681. The highest BCUT2D eigenvalue weighted by molar-refractivity contribution is 4.80. The van der Waals surface area contributed by atoms with E-state index in [1.54, 1.807) is 7.11 Å². The smallest absolute Gasteiger partial charge is 0.0700 e. The number of hydrogen-bond acceptors (Lipinski definition) is 3. The first-order chi connectivity index (χ1) is 8.88. The second kappa shape index (κ2) is 10.8. The van der Waals surface area contributed by atoms with E-state index in [1.807, 2.05) is 0 Å². The maximum Gasteiger partial charge on any atom is 0.0700 e. The third-order valence-electron chi connectivity index (χ3n) is 3.92. The first kappa shape index (κ1) is 15.9. The number of ether oxygens (including phenoxy) is 2. The van der Waals surface area contributed by atoms with Gasteiger partial charge in [-0.25, -0.2) is 0 Å². The van der Waals surface area contributed by atoms with Gasteiger partial charge in [-0.15, -0.1) is 0 Å². The Morgan fingerprint density at radius 3 is 2.56 bits per heavy atom. The van der Waals surface area contributed by atoms with Crippen LogP contribution in [0.25, 0.3) is 0 Å². The summed E-state index contributed by atoms with van der Waals surface area (Å²) in [6.07, 6.45) is 9.51. The Hall–Kier alpha value is -0.120. The summed E-state index contributed by atoms with van der Waals surface area (Å²) in [5.41, 5.74) is 0. The van der Waals surface area contributed by atoms with E-state index in [2.05, 4.69) is 12.2 Å². The molecule has 0 saturated heterocycles. The second-order valence-corrected chi connectivity index (χ2v) is 5.31. The van der Waals surface area contributed by atoms with Crippen molar-refractivity contribution < 1.29 is 9.47 Å². The van der Waals surface area contributed by atoms with Gasteiger partial charge in [-0.1, -0.05) is 19.8 Å². The summed E-state index contributed by atoms with van der Waals surface area (Å²) in [6, 6.07) is 0.747. The van der Waals surface area contributed by atoms with Crippen molar-refractivity contribution in [3.8, 4) is 0 Å². The van der Waals surface area contributed by atoms with Crippen molar-refractivity contribution in [1.29, 1.82) is 0 Å². The fraction of sp³-hybridized carbons (Fsp3) is 1.00. The Morgan fingerprint density at radius 1 is 1.11 bits per heavy atom. The third kappa shape index (κ3) is 6.72. The Bertz CT molecular complexity index is 181. The van der Waals surface area contributed by atoms with Gasteiger partial charge in [-0.2, -0.15) is 0 Å². The molecule has 1 aliphatic rings. The molecule has 0 amide bonds. The quantitative estimate of drug-likeness (QED) is 0.577. The van der Waals surface area contributed by atoms with E-state index in [9.17, 15) is 0 Å². The van der Waals surface area contributed by atoms with Crippen molar-refractivity contribution in [2.24, 2.45) is 5.92 Å². The topological polar surface area (TPSA) is 30.5 Å². The van der Waals surface area contributed by atoms with Crippen molar-refractivity contribution in [2.75, 3.05) is 33.5 Å². The highest BCUT2D eigenvalue weighted by Gasteiger charge is 2.23. The van der Waals surface area contributed by atoms with Crippen molar-refractivity contribution in [2.45, 2.75) is 57.9 Å². The molecule has 108 valence electrons. The molecule has 1 fully saturated rings.